The lowest BCUT2D eigenvalue weighted by atomic mass is 9.95. The van der Waals surface area contributed by atoms with Gasteiger partial charge in [-0.15, -0.1) is 12.0 Å². The lowest BCUT2D eigenvalue weighted by Gasteiger charge is -2.34. The Balaban J connectivity index is 1.28. The van der Waals surface area contributed by atoms with Crippen molar-refractivity contribution in [3.63, 3.8) is 0 Å². The molecule has 9 heteroatoms. The molecule has 2 fully saturated rings. The number of pyridine rings is 1. The fourth-order valence-corrected chi connectivity index (χ4v) is 6.23. The molecule has 4 N–H and O–H groups in total. The highest BCUT2D eigenvalue weighted by atomic mass is 35.5. The van der Waals surface area contributed by atoms with Crippen LogP contribution in [-0.2, 0) is 17.8 Å². The number of hydrazine groups is 2. The summed E-state index contributed by atoms with van der Waals surface area (Å²) in [5.41, 5.74) is 15.2. The zero-order chi connectivity index (χ0) is 29.0. The Morgan fingerprint density at radius 3 is 2.74 bits per heavy atom. The standard InChI is InChI=1S/C33H38ClN7O/c1-5-20-13-35-31-26(30(20)36-19-33(2,3)4)11-22(12-28(31)34)37-32(29-16-41(39-38-29)23-9-10-23)25-8-6-7-21-14-40(15-27(21)25)24-17-42-18-24/h1,6-8,11-13,16,23-24,32,37-39H,9-10,14-15,17-19H2,2-4H3,(H,35,36)/t32-/m0/s1. The summed E-state index contributed by atoms with van der Waals surface area (Å²) < 4.78 is 5.51. The number of fused-ring (bicyclic) bond motifs is 2. The normalized spacial score (nSPS) is 19.6. The first-order chi connectivity index (χ1) is 20.3. The van der Waals surface area contributed by atoms with E-state index in [2.05, 4.69) is 93.6 Å². The molecular weight excluding hydrogens is 546 g/mol. The number of halogens is 1. The number of ether oxygens (including phenoxy) is 1. The van der Waals surface area contributed by atoms with Gasteiger partial charge in [0.2, 0.25) is 0 Å². The topological polar surface area (TPSA) is 76.7 Å². The van der Waals surface area contributed by atoms with Crippen LogP contribution < -0.4 is 21.6 Å². The van der Waals surface area contributed by atoms with Gasteiger partial charge in [-0.1, -0.05) is 56.5 Å². The van der Waals surface area contributed by atoms with E-state index in [0.717, 1.165) is 66.4 Å². The monoisotopic (exact) mass is 583 g/mol. The van der Waals surface area contributed by atoms with Gasteiger partial charge >= 0.3 is 0 Å². The van der Waals surface area contributed by atoms with Crippen LogP contribution in [-0.4, -0.2) is 46.7 Å². The number of benzene rings is 2. The second-order valence-electron chi connectivity index (χ2n) is 13.1. The molecule has 0 amide bonds. The van der Waals surface area contributed by atoms with Gasteiger partial charge in [-0.05, 0) is 47.1 Å². The minimum atomic E-state index is -0.128. The summed E-state index contributed by atoms with van der Waals surface area (Å²) in [6.07, 6.45) is 12.3. The molecular formula is C33H38ClN7O. The van der Waals surface area contributed by atoms with E-state index >= 15 is 0 Å². The van der Waals surface area contributed by atoms with Crippen LogP contribution >= 0.6 is 11.6 Å². The quantitative estimate of drug-likeness (QED) is 0.258. The Bertz CT molecular complexity index is 1600. The van der Waals surface area contributed by atoms with E-state index in [-0.39, 0.29) is 11.5 Å². The van der Waals surface area contributed by atoms with Crippen molar-refractivity contribution < 1.29 is 4.74 Å². The molecule has 218 valence electrons. The van der Waals surface area contributed by atoms with Gasteiger partial charge in [0.15, 0.2) is 0 Å². The number of nitrogens with zero attached hydrogens (tertiary/aromatic N) is 3. The van der Waals surface area contributed by atoms with Gasteiger partial charge in [0.1, 0.15) is 0 Å². The third-order valence-corrected chi connectivity index (χ3v) is 8.83. The molecule has 0 spiro atoms. The van der Waals surface area contributed by atoms with Crippen LogP contribution in [0, 0.1) is 17.8 Å². The van der Waals surface area contributed by atoms with Crippen molar-refractivity contribution in [1.82, 2.24) is 25.9 Å². The van der Waals surface area contributed by atoms with Gasteiger partial charge in [0.25, 0.3) is 0 Å². The first kappa shape index (κ1) is 27.4. The Morgan fingerprint density at radius 2 is 2.02 bits per heavy atom. The van der Waals surface area contributed by atoms with Gasteiger partial charge in [-0.3, -0.25) is 14.9 Å². The number of terminal acetylenes is 1. The molecule has 1 saturated carbocycles. The number of hydrogen-bond acceptors (Lipinski definition) is 8. The number of anilines is 2. The summed E-state index contributed by atoms with van der Waals surface area (Å²) in [5, 5.41) is 11.1. The van der Waals surface area contributed by atoms with Gasteiger partial charge in [0.05, 0.1) is 52.8 Å². The van der Waals surface area contributed by atoms with Crippen molar-refractivity contribution in [1.29, 1.82) is 0 Å². The van der Waals surface area contributed by atoms with Crippen molar-refractivity contribution >= 4 is 33.9 Å². The van der Waals surface area contributed by atoms with Gasteiger partial charge in [0, 0.05) is 49.1 Å². The molecule has 8 nitrogen and oxygen atoms in total. The highest BCUT2D eigenvalue weighted by molar-refractivity contribution is 6.35. The molecule has 1 aromatic heterocycles. The zero-order valence-electron chi connectivity index (χ0n) is 24.4. The fraction of sp³-hybridized carbons (Fsp3) is 0.424. The fourth-order valence-electron chi connectivity index (χ4n) is 5.96. The minimum absolute atomic E-state index is 0.0699. The molecule has 0 radical (unpaired) electrons. The Morgan fingerprint density at radius 1 is 1.19 bits per heavy atom. The Hall–Kier alpha value is -3.48. The molecule has 3 aromatic rings. The number of nitrogens with one attached hydrogen (secondary N) is 4. The molecule has 1 atom stereocenters. The lowest BCUT2D eigenvalue weighted by molar-refractivity contribution is -0.0670. The molecule has 7 rings (SSSR count). The van der Waals surface area contributed by atoms with Crippen LogP contribution in [0.4, 0.5) is 11.4 Å². The Kier molecular flexibility index (Phi) is 6.94. The van der Waals surface area contributed by atoms with Crippen LogP contribution in [0.15, 0.2) is 48.4 Å². The van der Waals surface area contributed by atoms with E-state index in [1.54, 1.807) is 6.20 Å². The van der Waals surface area contributed by atoms with Crippen LogP contribution in [0.3, 0.4) is 0 Å². The third-order valence-electron chi connectivity index (χ3n) is 8.54. The summed E-state index contributed by atoms with van der Waals surface area (Å²) in [7, 11) is 0. The van der Waals surface area contributed by atoms with Crippen LogP contribution in [0.5, 0.6) is 0 Å². The SMILES string of the molecule is C#Cc1cnc2c(Cl)cc(N[C@H](C3=CN(C4CC4)NN3)c3cccc4c3CN(C3COC3)C4)cc2c1NCC(C)(C)C. The Labute approximate surface area is 252 Å². The largest absolute Gasteiger partial charge is 0.383 e. The average Bonchev–Trinajstić information content (AvgIpc) is 3.50. The number of rotatable bonds is 8. The predicted octanol–water partition coefficient (Wildman–Crippen LogP) is 5.52. The molecule has 42 heavy (non-hydrogen) atoms. The molecule has 0 bridgehead atoms. The van der Waals surface area contributed by atoms with Gasteiger partial charge in [-0.25, -0.2) is 0 Å². The molecule has 0 unspecified atom stereocenters. The first-order valence-electron chi connectivity index (χ1n) is 14.8. The van der Waals surface area contributed by atoms with Crippen molar-refractivity contribution in [3.05, 3.63) is 75.7 Å². The summed E-state index contributed by atoms with van der Waals surface area (Å²) in [5.74, 6) is 2.81. The van der Waals surface area contributed by atoms with Crippen LogP contribution in [0.25, 0.3) is 10.9 Å². The summed E-state index contributed by atoms with van der Waals surface area (Å²) in [6, 6.07) is 11.7. The minimum Gasteiger partial charge on any atom is -0.383 e. The van der Waals surface area contributed by atoms with E-state index in [1.807, 2.05) is 6.07 Å². The summed E-state index contributed by atoms with van der Waals surface area (Å²) in [4.78, 5) is 7.17. The van der Waals surface area contributed by atoms with E-state index in [9.17, 15) is 0 Å². The van der Waals surface area contributed by atoms with E-state index < -0.39 is 0 Å². The average molecular weight is 584 g/mol. The molecule has 1 saturated heterocycles. The van der Waals surface area contributed by atoms with Crippen molar-refractivity contribution in [2.75, 3.05) is 30.4 Å². The van der Waals surface area contributed by atoms with Gasteiger partial charge < -0.3 is 20.8 Å². The van der Waals surface area contributed by atoms with Crippen molar-refractivity contribution in [2.45, 2.75) is 64.8 Å². The van der Waals surface area contributed by atoms with Crippen molar-refractivity contribution in [3.8, 4) is 12.3 Å². The first-order valence-corrected chi connectivity index (χ1v) is 15.2. The predicted molar refractivity (Wildman–Crippen MR) is 169 cm³/mol. The lowest BCUT2D eigenvalue weighted by Crippen LogP contribution is -2.46. The van der Waals surface area contributed by atoms with Crippen LogP contribution in [0.1, 0.15) is 61.9 Å². The maximum Gasteiger partial charge on any atom is 0.0947 e. The maximum absolute atomic E-state index is 6.90. The highest BCUT2D eigenvalue weighted by Crippen LogP contribution is 2.40. The maximum atomic E-state index is 6.90. The number of hydrogen-bond donors (Lipinski definition) is 4. The molecule has 2 aromatic carbocycles. The second-order valence-corrected chi connectivity index (χ2v) is 13.5. The summed E-state index contributed by atoms with van der Waals surface area (Å²) >= 11 is 6.90. The molecule has 1 aliphatic carbocycles. The van der Waals surface area contributed by atoms with Crippen molar-refractivity contribution in [2.24, 2.45) is 5.41 Å². The zero-order valence-corrected chi connectivity index (χ0v) is 25.2. The summed E-state index contributed by atoms with van der Waals surface area (Å²) in [6.45, 7) is 10.8. The highest BCUT2D eigenvalue weighted by Gasteiger charge is 2.36. The van der Waals surface area contributed by atoms with Gasteiger partial charge in [-0.2, -0.15) is 0 Å². The van der Waals surface area contributed by atoms with E-state index in [1.165, 1.54) is 29.5 Å². The molecule has 4 aliphatic rings. The smallest absolute Gasteiger partial charge is 0.0947 e. The second kappa shape index (κ2) is 10.7. The van der Waals surface area contributed by atoms with Crippen LogP contribution in [0.2, 0.25) is 5.02 Å². The molecule has 3 aliphatic heterocycles. The third kappa shape index (κ3) is 5.27. The number of aromatic nitrogens is 1. The molecule has 4 heterocycles. The van der Waals surface area contributed by atoms with E-state index in [4.69, 9.17) is 22.8 Å². The van der Waals surface area contributed by atoms with E-state index in [0.29, 0.717) is 17.1 Å².